The molecule has 1 heterocycles. The molecule has 1 unspecified atom stereocenters. The maximum Gasteiger partial charge on any atom is 0.347 e. The Labute approximate surface area is 90.9 Å². The van der Waals surface area contributed by atoms with Crippen LogP contribution in [-0.4, -0.2) is 22.2 Å². The molecule has 3 nitrogen and oxygen atoms in total. The predicted octanol–water partition coefficient (Wildman–Crippen LogP) is 0.814. The van der Waals surface area contributed by atoms with Crippen molar-refractivity contribution in [3.05, 3.63) is 34.9 Å². The molecule has 0 N–H and O–H groups in total. The van der Waals surface area contributed by atoms with Crippen LogP contribution >= 0.6 is 0 Å². The summed E-state index contributed by atoms with van der Waals surface area (Å²) in [4.78, 5) is 22.8. The molecule has 0 spiro atoms. The van der Waals surface area contributed by atoms with Gasteiger partial charge in [0.1, 0.15) is 0 Å². The molecule has 15 heavy (non-hydrogen) atoms. The summed E-state index contributed by atoms with van der Waals surface area (Å²) in [5, 5.41) is 0. The third-order valence-corrected chi connectivity index (χ3v) is 4.29. The van der Waals surface area contributed by atoms with E-state index in [-0.39, 0.29) is 0 Å². The molecule has 1 aromatic rings. The van der Waals surface area contributed by atoms with E-state index in [1.807, 2.05) is 12.1 Å². The van der Waals surface area contributed by atoms with Gasteiger partial charge in [0.2, 0.25) is 0 Å². The Bertz CT molecular complexity index is 439. The molecular weight excluding hydrogens is 208 g/mol. The lowest BCUT2D eigenvalue weighted by molar-refractivity contribution is 0.0443. The van der Waals surface area contributed by atoms with Gasteiger partial charge in [-0.1, -0.05) is 25.5 Å². The van der Waals surface area contributed by atoms with E-state index in [2.05, 4.69) is 11.7 Å². The van der Waals surface area contributed by atoms with E-state index in [1.165, 1.54) is 0 Å². The van der Waals surface area contributed by atoms with Gasteiger partial charge < -0.3 is 4.74 Å². The van der Waals surface area contributed by atoms with Crippen LogP contribution in [0.25, 0.3) is 0 Å². The van der Waals surface area contributed by atoms with Crippen LogP contribution in [0.15, 0.2) is 18.2 Å². The summed E-state index contributed by atoms with van der Waals surface area (Å²) in [6.07, 6.45) is 0.990. The van der Waals surface area contributed by atoms with E-state index in [4.69, 9.17) is 0 Å². The number of esters is 2. The van der Waals surface area contributed by atoms with Crippen LogP contribution in [0.2, 0.25) is 0 Å². The zero-order valence-corrected chi connectivity index (χ0v) is 10.7. The van der Waals surface area contributed by atoms with Crippen molar-refractivity contribution in [3.8, 4) is 0 Å². The molecular formula is C11H12O3Si. The van der Waals surface area contributed by atoms with Gasteiger partial charge in [-0.05, 0) is 17.2 Å². The van der Waals surface area contributed by atoms with Crippen molar-refractivity contribution in [3.63, 3.8) is 0 Å². The third-order valence-electron chi connectivity index (χ3n) is 2.85. The number of fused-ring (bicyclic) bond motifs is 1. The van der Waals surface area contributed by atoms with Gasteiger partial charge in [-0.2, -0.15) is 0 Å². The fraction of sp³-hybridized carbons (Fsp3) is 0.273. The molecule has 1 atom stereocenters. The Morgan fingerprint density at radius 2 is 2.07 bits per heavy atom. The molecule has 4 heteroatoms. The Morgan fingerprint density at radius 1 is 1.33 bits per heavy atom. The Balaban J connectivity index is 2.60. The lowest BCUT2D eigenvalue weighted by Gasteiger charge is -2.10. The van der Waals surface area contributed by atoms with Gasteiger partial charge in [-0.3, -0.25) is 0 Å². The Kier molecular flexibility index (Phi) is 2.44. The van der Waals surface area contributed by atoms with Crippen molar-refractivity contribution in [2.45, 2.75) is 18.9 Å². The highest BCUT2D eigenvalue weighted by Crippen LogP contribution is 2.28. The number of hydrogen-bond acceptors (Lipinski definition) is 3. The quantitative estimate of drug-likeness (QED) is 0.421. The molecule has 2 rings (SSSR count). The maximum absolute atomic E-state index is 11.5. The number of rotatable bonds is 2. The van der Waals surface area contributed by atoms with E-state index in [0.717, 1.165) is 22.2 Å². The van der Waals surface area contributed by atoms with Crippen molar-refractivity contribution in [1.29, 1.82) is 0 Å². The summed E-state index contributed by atoms with van der Waals surface area (Å²) in [6.45, 7) is 2.08. The molecule has 1 aliphatic heterocycles. The SMILES string of the molecule is CCC([SiH3])c1cccc2c1C(=O)OC2=O. The average Bonchev–Trinajstić information content (AvgIpc) is 2.54. The zero-order chi connectivity index (χ0) is 11.0. The summed E-state index contributed by atoms with van der Waals surface area (Å²) in [6, 6.07) is 5.38. The largest absolute Gasteiger partial charge is 0.386 e. The highest BCUT2D eigenvalue weighted by atomic mass is 28.1. The van der Waals surface area contributed by atoms with E-state index >= 15 is 0 Å². The second-order valence-corrected chi connectivity index (χ2v) is 5.15. The number of cyclic esters (lactones) is 2. The van der Waals surface area contributed by atoms with Gasteiger partial charge in [0.15, 0.2) is 0 Å². The summed E-state index contributed by atoms with van der Waals surface area (Å²) in [5.74, 6) is -0.998. The van der Waals surface area contributed by atoms with E-state index in [9.17, 15) is 9.59 Å². The Hall–Kier alpha value is -1.42. The van der Waals surface area contributed by atoms with Crippen LogP contribution in [0.4, 0.5) is 0 Å². The molecule has 78 valence electrons. The standard InChI is InChI=1S/C11H12O3Si/c1-2-8(15)6-4-3-5-7-9(6)11(13)14-10(7)12/h3-5,8H,2H2,1,15H3. The molecule has 0 saturated carbocycles. The highest BCUT2D eigenvalue weighted by Gasteiger charge is 2.32. The predicted molar refractivity (Wildman–Crippen MR) is 59.2 cm³/mol. The lowest BCUT2D eigenvalue weighted by Crippen LogP contribution is -2.05. The molecule has 1 aliphatic rings. The Morgan fingerprint density at radius 3 is 2.73 bits per heavy atom. The first kappa shape index (κ1) is 10.1. The molecule has 0 bridgehead atoms. The molecule has 0 aromatic heterocycles. The smallest absolute Gasteiger partial charge is 0.347 e. The summed E-state index contributed by atoms with van der Waals surface area (Å²) in [5.41, 5.74) is 2.28. The van der Waals surface area contributed by atoms with Crippen LogP contribution in [0.1, 0.15) is 45.2 Å². The van der Waals surface area contributed by atoms with E-state index in [0.29, 0.717) is 16.7 Å². The van der Waals surface area contributed by atoms with Gasteiger partial charge in [0.25, 0.3) is 0 Å². The van der Waals surface area contributed by atoms with Crippen molar-refractivity contribution < 1.29 is 14.3 Å². The van der Waals surface area contributed by atoms with Gasteiger partial charge in [0, 0.05) is 10.2 Å². The van der Waals surface area contributed by atoms with Crippen LogP contribution in [0, 0.1) is 0 Å². The summed E-state index contributed by atoms with van der Waals surface area (Å²) in [7, 11) is 0.972. The second-order valence-electron chi connectivity index (χ2n) is 3.76. The van der Waals surface area contributed by atoms with Gasteiger partial charge in [-0.15, -0.1) is 0 Å². The minimum atomic E-state index is -0.512. The van der Waals surface area contributed by atoms with Crippen LogP contribution in [0.5, 0.6) is 0 Å². The first-order valence-corrected chi connectivity index (χ1v) is 6.20. The third kappa shape index (κ3) is 1.50. The topological polar surface area (TPSA) is 43.4 Å². The summed E-state index contributed by atoms with van der Waals surface area (Å²) >= 11 is 0. The number of carbonyl (C=O) groups excluding carboxylic acids is 2. The minimum Gasteiger partial charge on any atom is -0.386 e. The maximum atomic E-state index is 11.5. The molecule has 0 radical (unpaired) electrons. The van der Waals surface area contributed by atoms with E-state index < -0.39 is 11.9 Å². The number of carbonyl (C=O) groups is 2. The van der Waals surface area contributed by atoms with Gasteiger partial charge in [0.05, 0.1) is 11.1 Å². The van der Waals surface area contributed by atoms with Crippen LogP contribution < -0.4 is 0 Å². The number of benzene rings is 1. The fourth-order valence-corrected chi connectivity index (χ4v) is 2.27. The van der Waals surface area contributed by atoms with Crippen molar-refractivity contribution >= 4 is 22.2 Å². The van der Waals surface area contributed by atoms with Crippen molar-refractivity contribution in [2.24, 2.45) is 0 Å². The van der Waals surface area contributed by atoms with Gasteiger partial charge in [-0.25, -0.2) is 9.59 Å². The fourth-order valence-electron chi connectivity index (χ4n) is 1.79. The number of hydrogen-bond donors (Lipinski definition) is 0. The molecule has 0 saturated heterocycles. The highest BCUT2D eigenvalue weighted by molar-refractivity contribution is 6.18. The summed E-state index contributed by atoms with van der Waals surface area (Å²) < 4.78 is 4.60. The van der Waals surface area contributed by atoms with E-state index in [1.54, 1.807) is 6.07 Å². The first-order valence-electron chi connectivity index (χ1n) is 5.04. The van der Waals surface area contributed by atoms with Crippen LogP contribution in [-0.2, 0) is 4.74 Å². The monoisotopic (exact) mass is 220 g/mol. The lowest BCUT2D eigenvalue weighted by atomic mass is 9.99. The molecule has 1 aromatic carbocycles. The van der Waals surface area contributed by atoms with Crippen LogP contribution in [0.3, 0.4) is 0 Å². The van der Waals surface area contributed by atoms with Crippen molar-refractivity contribution in [2.75, 3.05) is 0 Å². The first-order chi connectivity index (χ1) is 7.15. The minimum absolute atomic E-state index is 0.401. The average molecular weight is 220 g/mol. The van der Waals surface area contributed by atoms with Crippen molar-refractivity contribution in [1.82, 2.24) is 0 Å². The number of ether oxygens (including phenoxy) is 1. The zero-order valence-electron chi connectivity index (χ0n) is 8.74. The molecule has 0 fully saturated rings. The normalized spacial score (nSPS) is 16.3. The second kappa shape index (κ2) is 3.62. The molecule has 0 amide bonds. The molecule has 0 aliphatic carbocycles. The van der Waals surface area contributed by atoms with Gasteiger partial charge >= 0.3 is 11.9 Å².